The van der Waals surface area contributed by atoms with E-state index in [1.807, 2.05) is 25.7 Å². The van der Waals surface area contributed by atoms with Gasteiger partial charge in [0.05, 0.1) is 17.8 Å². The maximum absolute atomic E-state index is 13.0. The molecule has 2 aromatic heterocycles. The molecular weight excluding hydrogens is 306 g/mol. The molecule has 1 atom stereocenters. The van der Waals surface area contributed by atoms with Crippen LogP contribution in [0.5, 0.6) is 0 Å². The minimum Gasteiger partial charge on any atom is -0.339 e. The molecule has 7 nitrogen and oxygen atoms in total. The van der Waals surface area contributed by atoms with Gasteiger partial charge in [-0.1, -0.05) is 31.8 Å². The zero-order valence-electron chi connectivity index (χ0n) is 14.6. The molecule has 3 rings (SSSR count). The van der Waals surface area contributed by atoms with Crippen molar-refractivity contribution in [1.29, 1.82) is 0 Å². The molecule has 0 saturated carbocycles. The lowest BCUT2D eigenvalue weighted by Gasteiger charge is -2.27. The highest BCUT2D eigenvalue weighted by Crippen LogP contribution is 2.30. The van der Waals surface area contributed by atoms with Crippen molar-refractivity contribution < 1.29 is 9.32 Å². The molecule has 0 spiro atoms. The largest absolute Gasteiger partial charge is 0.339 e. The van der Waals surface area contributed by atoms with Gasteiger partial charge in [0.25, 0.3) is 5.91 Å². The molecule has 0 aromatic carbocycles. The maximum Gasteiger partial charge on any atom is 0.257 e. The van der Waals surface area contributed by atoms with Crippen LogP contribution < -0.4 is 0 Å². The van der Waals surface area contributed by atoms with Gasteiger partial charge < -0.3 is 9.42 Å². The number of aromatic nitrogens is 4. The molecule has 1 aliphatic heterocycles. The lowest BCUT2D eigenvalue weighted by molar-refractivity contribution is 0.0670. The predicted molar refractivity (Wildman–Crippen MR) is 88.5 cm³/mol. The number of rotatable bonds is 4. The maximum atomic E-state index is 13.0. The molecule has 24 heavy (non-hydrogen) atoms. The van der Waals surface area contributed by atoms with Crippen molar-refractivity contribution in [3.63, 3.8) is 0 Å². The van der Waals surface area contributed by atoms with Crippen molar-refractivity contribution in [3.8, 4) is 0 Å². The number of likely N-dealkylation sites (tertiary alicyclic amines) is 1. The van der Waals surface area contributed by atoms with Gasteiger partial charge in [-0.25, -0.2) is 0 Å². The number of hydrogen-bond acceptors (Lipinski definition) is 5. The second-order valence-electron chi connectivity index (χ2n) is 6.59. The summed E-state index contributed by atoms with van der Waals surface area (Å²) in [5, 5.41) is 8.37. The summed E-state index contributed by atoms with van der Waals surface area (Å²) in [6, 6.07) is -0.124. The van der Waals surface area contributed by atoms with Crippen LogP contribution in [0.4, 0.5) is 0 Å². The van der Waals surface area contributed by atoms with Gasteiger partial charge in [0.2, 0.25) is 5.89 Å². The highest BCUT2D eigenvalue weighted by Gasteiger charge is 2.31. The van der Waals surface area contributed by atoms with Crippen LogP contribution in [0.15, 0.2) is 16.9 Å². The van der Waals surface area contributed by atoms with Gasteiger partial charge in [0.1, 0.15) is 0 Å². The SMILES string of the molecule is CCn1cc(C(=O)N2CCCCC[C@H]2c2noc(C(C)C)n2)cn1. The molecule has 0 unspecified atom stereocenters. The average molecular weight is 331 g/mol. The predicted octanol–water partition coefficient (Wildman–Crippen LogP) is 3.17. The molecule has 1 fully saturated rings. The number of carbonyl (C=O) groups excluding carboxylic acids is 1. The van der Waals surface area contributed by atoms with Crippen molar-refractivity contribution in [1.82, 2.24) is 24.8 Å². The first-order chi connectivity index (χ1) is 11.6. The lowest BCUT2D eigenvalue weighted by Crippen LogP contribution is -2.35. The number of aryl methyl sites for hydroxylation is 1. The minimum atomic E-state index is -0.124. The summed E-state index contributed by atoms with van der Waals surface area (Å²) in [4.78, 5) is 19.4. The first kappa shape index (κ1) is 16.7. The van der Waals surface area contributed by atoms with E-state index in [1.165, 1.54) is 0 Å². The quantitative estimate of drug-likeness (QED) is 0.860. The van der Waals surface area contributed by atoms with E-state index in [9.17, 15) is 4.79 Å². The molecule has 1 aliphatic rings. The highest BCUT2D eigenvalue weighted by molar-refractivity contribution is 5.94. The van der Waals surface area contributed by atoms with Crippen LogP contribution in [0.1, 0.15) is 80.5 Å². The van der Waals surface area contributed by atoms with Crippen molar-refractivity contribution in [2.24, 2.45) is 0 Å². The van der Waals surface area contributed by atoms with Crippen LogP contribution in [0, 0.1) is 0 Å². The van der Waals surface area contributed by atoms with E-state index in [2.05, 4.69) is 15.2 Å². The van der Waals surface area contributed by atoms with Gasteiger partial charge in [-0.05, 0) is 19.8 Å². The van der Waals surface area contributed by atoms with Crippen LogP contribution in [-0.2, 0) is 6.54 Å². The van der Waals surface area contributed by atoms with Crippen molar-refractivity contribution in [3.05, 3.63) is 29.7 Å². The third-order valence-electron chi connectivity index (χ3n) is 4.47. The summed E-state index contributed by atoms with van der Waals surface area (Å²) in [6.07, 6.45) is 7.49. The Kier molecular flexibility index (Phi) is 4.97. The highest BCUT2D eigenvalue weighted by atomic mass is 16.5. The Morgan fingerprint density at radius 1 is 1.38 bits per heavy atom. The van der Waals surface area contributed by atoms with Crippen molar-refractivity contribution in [2.45, 2.75) is 65.0 Å². The van der Waals surface area contributed by atoms with Crippen molar-refractivity contribution in [2.75, 3.05) is 6.54 Å². The topological polar surface area (TPSA) is 77.0 Å². The van der Waals surface area contributed by atoms with Crippen LogP contribution in [0.25, 0.3) is 0 Å². The van der Waals surface area contributed by atoms with E-state index in [0.29, 0.717) is 23.8 Å². The third-order valence-corrected chi connectivity index (χ3v) is 4.47. The molecule has 0 radical (unpaired) electrons. The standard InChI is InChI=1S/C17H25N5O2/c1-4-21-11-13(10-18-21)17(23)22-9-7-5-6-8-14(22)15-19-16(12(2)3)24-20-15/h10-12,14H,4-9H2,1-3H3/t14-/m0/s1. The summed E-state index contributed by atoms with van der Waals surface area (Å²) in [7, 11) is 0. The molecule has 0 aliphatic carbocycles. The van der Waals surface area contributed by atoms with E-state index in [-0.39, 0.29) is 17.9 Å². The Balaban J connectivity index is 1.87. The van der Waals surface area contributed by atoms with Crippen LogP contribution in [-0.4, -0.2) is 37.3 Å². The van der Waals surface area contributed by atoms with Crippen LogP contribution in [0.3, 0.4) is 0 Å². The average Bonchev–Trinajstić information content (AvgIpc) is 3.19. The number of carbonyl (C=O) groups is 1. The number of nitrogens with zero attached hydrogens (tertiary/aromatic N) is 5. The van der Waals surface area contributed by atoms with Gasteiger partial charge in [-0.3, -0.25) is 9.48 Å². The fourth-order valence-electron chi connectivity index (χ4n) is 3.05. The normalized spacial score (nSPS) is 18.8. The van der Waals surface area contributed by atoms with Gasteiger partial charge in [-0.15, -0.1) is 0 Å². The fraction of sp³-hybridized carbons (Fsp3) is 0.647. The molecule has 0 bridgehead atoms. The minimum absolute atomic E-state index is 0.00232. The van der Waals surface area contributed by atoms with E-state index >= 15 is 0 Å². The summed E-state index contributed by atoms with van der Waals surface area (Å²) in [6.45, 7) is 7.51. The third kappa shape index (κ3) is 3.34. The first-order valence-corrected chi connectivity index (χ1v) is 8.77. The molecule has 1 saturated heterocycles. The zero-order chi connectivity index (χ0) is 17.1. The molecule has 7 heteroatoms. The fourth-order valence-corrected chi connectivity index (χ4v) is 3.05. The molecule has 1 amide bonds. The smallest absolute Gasteiger partial charge is 0.257 e. The van der Waals surface area contributed by atoms with E-state index in [1.54, 1.807) is 17.1 Å². The van der Waals surface area contributed by atoms with E-state index < -0.39 is 0 Å². The van der Waals surface area contributed by atoms with Gasteiger partial charge in [0, 0.05) is 25.2 Å². The zero-order valence-corrected chi connectivity index (χ0v) is 14.6. The Hall–Kier alpha value is -2.18. The molecular formula is C17H25N5O2. The summed E-state index contributed by atoms with van der Waals surface area (Å²) < 4.78 is 7.13. The summed E-state index contributed by atoms with van der Waals surface area (Å²) in [5.74, 6) is 1.43. The van der Waals surface area contributed by atoms with E-state index in [4.69, 9.17) is 4.52 Å². The van der Waals surface area contributed by atoms with Crippen molar-refractivity contribution >= 4 is 5.91 Å². The molecule has 2 aromatic rings. The van der Waals surface area contributed by atoms with Gasteiger partial charge in [-0.2, -0.15) is 10.1 Å². The second kappa shape index (κ2) is 7.15. The molecule has 0 N–H and O–H groups in total. The summed E-state index contributed by atoms with van der Waals surface area (Å²) >= 11 is 0. The van der Waals surface area contributed by atoms with Crippen LogP contribution >= 0.6 is 0 Å². The monoisotopic (exact) mass is 331 g/mol. The molecule has 130 valence electrons. The van der Waals surface area contributed by atoms with E-state index in [0.717, 1.165) is 32.2 Å². The Bertz CT molecular complexity index is 691. The van der Waals surface area contributed by atoms with Crippen LogP contribution in [0.2, 0.25) is 0 Å². The Labute approximate surface area is 142 Å². The Morgan fingerprint density at radius 3 is 2.88 bits per heavy atom. The second-order valence-corrected chi connectivity index (χ2v) is 6.59. The summed E-state index contributed by atoms with van der Waals surface area (Å²) in [5.41, 5.74) is 0.622. The lowest BCUT2D eigenvalue weighted by atomic mass is 10.1. The first-order valence-electron chi connectivity index (χ1n) is 8.77. The molecule has 3 heterocycles. The number of amides is 1. The van der Waals surface area contributed by atoms with Gasteiger partial charge in [0.15, 0.2) is 5.82 Å². The Morgan fingerprint density at radius 2 is 2.21 bits per heavy atom. The number of hydrogen-bond donors (Lipinski definition) is 0. The van der Waals surface area contributed by atoms with Gasteiger partial charge >= 0.3 is 0 Å².